The van der Waals surface area contributed by atoms with E-state index in [1.807, 2.05) is 0 Å². The van der Waals surface area contributed by atoms with Crippen LogP contribution in [0.1, 0.15) is 27.2 Å². The molecule has 0 aromatic heterocycles. The standard InChI is InChI=1S/C14H26NOSi2.2ClH.Zr/c1-14(2,3)15-11-7-8-12-13(11)18(12,6)17(4,5)10-9-16;;;/h15-16H,7,9-10H2,1-6H3;2*1H;/q-1;;;+3/p-2. The second-order valence-corrected chi connectivity index (χ2v) is 22.0. The zero-order valence-corrected chi connectivity index (χ0v) is 19.8. The largest absolute Gasteiger partial charge is 3.00 e. The minimum Gasteiger partial charge on any atom is -1.00 e. The van der Waals surface area contributed by atoms with Crippen molar-refractivity contribution in [1.29, 1.82) is 0 Å². The summed E-state index contributed by atoms with van der Waals surface area (Å²) in [6.45, 7) is 14.4. The summed E-state index contributed by atoms with van der Waals surface area (Å²) < 4.78 is 0. The number of aliphatic hydroxyl groups excluding tert-OH is 1. The van der Waals surface area contributed by atoms with E-state index >= 15 is 0 Å². The molecule has 0 saturated carbocycles. The van der Waals surface area contributed by atoms with Crippen LogP contribution in [0.5, 0.6) is 0 Å². The summed E-state index contributed by atoms with van der Waals surface area (Å²) in [5.41, 5.74) is 1.57. The van der Waals surface area contributed by atoms with Crippen molar-refractivity contribution < 1.29 is 56.1 Å². The average molecular weight is 443 g/mol. The van der Waals surface area contributed by atoms with Gasteiger partial charge < -0.3 is 35.2 Å². The van der Waals surface area contributed by atoms with Crippen molar-refractivity contribution in [2.75, 3.05) is 6.61 Å². The minimum atomic E-state index is -1.36. The molecule has 2 N–H and O–H groups in total. The summed E-state index contributed by atoms with van der Waals surface area (Å²) in [6, 6.07) is 1.03. The number of fused-ring (bicyclic) bond motifs is 1. The van der Waals surface area contributed by atoms with Gasteiger partial charge in [-0.25, -0.2) is 5.20 Å². The van der Waals surface area contributed by atoms with Gasteiger partial charge in [0.05, 0.1) is 0 Å². The first-order valence-corrected chi connectivity index (χ1v) is 13.6. The van der Waals surface area contributed by atoms with Gasteiger partial charge in [0, 0.05) is 19.7 Å². The zero-order valence-electron chi connectivity index (χ0n) is 13.8. The third-order valence-corrected chi connectivity index (χ3v) is 21.8. The van der Waals surface area contributed by atoms with Crippen molar-refractivity contribution in [1.82, 2.24) is 5.32 Å². The molecule has 2 aliphatic rings. The average Bonchev–Trinajstić information content (AvgIpc) is 2.59. The Balaban J connectivity index is 0. The molecule has 1 radical (unpaired) electrons. The van der Waals surface area contributed by atoms with Gasteiger partial charge in [0.15, 0.2) is 0 Å². The van der Waals surface area contributed by atoms with Crippen LogP contribution in [0.4, 0.5) is 0 Å². The Morgan fingerprint density at radius 1 is 1.29 bits per heavy atom. The molecule has 0 aromatic carbocycles. The Bertz CT molecular complexity index is 447. The maximum atomic E-state index is 9.30. The SMILES string of the molecule is CC(C)(C)NC1=C2C(=[C-]C1)[Si]2(C)[Si](C)(C)CCO.[Cl-].[Cl-].[Zr+3]. The van der Waals surface area contributed by atoms with E-state index in [0.717, 1.165) is 12.5 Å². The van der Waals surface area contributed by atoms with Crippen molar-refractivity contribution in [2.45, 2.75) is 58.4 Å². The molecule has 1 aliphatic carbocycles. The quantitative estimate of drug-likeness (QED) is 0.354. The normalized spacial score (nSPS) is 23.3. The molecule has 0 bridgehead atoms. The van der Waals surface area contributed by atoms with Crippen LogP contribution in [0.3, 0.4) is 0 Å². The van der Waals surface area contributed by atoms with Crippen LogP contribution in [0.25, 0.3) is 0 Å². The van der Waals surface area contributed by atoms with Crippen LogP contribution in [-0.2, 0) is 26.2 Å². The van der Waals surface area contributed by atoms with Crippen LogP contribution in [0.2, 0.25) is 25.7 Å². The van der Waals surface area contributed by atoms with Crippen molar-refractivity contribution in [2.24, 2.45) is 0 Å². The smallest absolute Gasteiger partial charge is 1.00 e. The number of nitrogens with one attached hydrogen (secondary N) is 1. The molecule has 2 rings (SSSR count). The summed E-state index contributed by atoms with van der Waals surface area (Å²) in [5, 5.41) is 16.2. The molecule has 1 heterocycles. The number of halogens is 2. The summed E-state index contributed by atoms with van der Waals surface area (Å²) in [5.74, 6) is 0. The predicted octanol–water partition coefficient (Wildman–Crippen LogP) is -3.28. The van der Waals surface area contributed by atoms with E-state index in [2.05, 4.69) is 51.8 Å². The van der Waals surface area contributed by atoms with E-state index in [1.54, 1.807) is 10.4 Å². The summed E-state index contributed by atoms with van der Waals surface area (Å²) in [6.07, 6.45) is 4.60. The predicted molar refractivity (Wildman–Crippen MR) is 82.3 cm³/mol. The topological polar surface area (TPSA) is 32.3 Å². The van der Waals surface area contributed by atoms with Gasteiger partial charge >= 0.3 is 26.2 Å². The van der Waals surface area contributed by atoms with E-state index in [-0.39, 0.29) is 56.6 Å². The van der Waals surface area contributed by atoms with Crippen molar-refractivity contribution in [3.05, 3.63) is 22.2 Å². The number of hydrogen-bond acceptors (Lipinski definition) is 2. The summed E-state index contributed by atoms with van der Waals surface area (Å²) >= 11 is 0. The Labute approximate surface area is 163 Å². The Hall–Kier alpha value is 1.14. The van der Waals surface area contributed by atoms with Gasteiger partial charge in [-0.15, -0.1) is 0 Å². The van der Waals surface area contributed by atoms with E-state index < -0.39 is 15.2 Å². The molecule has 1 unspecified atom stereocenters. The molecule has 2 nitrogen and oxygen atoms in total. The Kier molecular flexibility index (Phi) is 9.07. The molecule has 1 aliphatic heterocycles. The second-order valence-electron chi connectivity index (χ2n) is 7.44. The number of allylic oxidation sites excluding steroid dienone is 3. The van der Waals surface area contributed by atoms with E-state index in [4.69, 9.17) is 0 Å². The van der Waals surface area contributed by atoms with Crippen LogP contribution < -0.4 is 30.1 Å². The van der Waals surface area contributed by atoms with Crippen molar-refractivity contribution in [3.63, 3.8) is 0 Å². The number of rotatable bonds is 4. The third-order valence-electron chi connectivity index (χ3n) is 4.55. The molecule has 0 amide bonds. The van der Waals surface area contributed by atoms with E-state index in [1.165, 1.54) is 5.70 Å². The molecule has 1 saturated heterocycles. The third kappa shape index (κ3) is 4.36. The molecule has 1 fully saturated rings. The first-order chi connectivity index (χ1) is 8.13. The Morgan fingerprint density at radius 3 is 2.24 bits per heavy atom. The Morgan fingerprint density at radius 2 is 1.81 bits per heavy atom. The second kappa shape index (κ2) is 7.81. The van der Waals surface area contributed by atoms with Gasteiger partial charge in [-0.3, -0.25) is 6.08 Å². The maximum absolute atomic E-state index is 9.30. The first kappa shape index (κ1) is 24.4. The summed E-state index contributed by atoms with van der Waals surface area (Å²) in [4.78, 5) is 0. The van der Waals surface area contributed by atoms with Crippen LogP contribution in [-0.4, -0.2) is 32.4 Å². The van der Waals surface area contributed by atoms with E-state index in [9.17, 15) is 5.11 Å². The van der Waals surface area contributed by atoms with Gasteiger partial charge in [0.1, 0.15) is 0 Å². The molecule has 1 atom stereocenters. The summed E-state index contributed by atoms with van der Waals surface area (Å²) in [7, 11) is -2.68. The minimum absolute atomic E-state index is 0. The molecule has 21 heavy (non-hydrogen) atoms. The number of hydrogen-bond donors (Lipinski definition) is 2. The zero-order chi connectivity index (χ0) is 13.8. The van der Waals surface area contributed by atoms with Crippen molar-refractivity contribution in [3.8, 4) is 0 Å². The van der Waals surface area contributed by atoms with Crippen LogP contribution >= 0.6 is 0 Å². The molecule has 0 aromatic rings. The van der Waals surface area contributed by atoms with Gasteiger partial charge in [-0.05, 0) is 34.4 Å². The number of aliphatic hydroxyl groups is 1. The first-order valence-electron chi connectivity index (χ1n) is 6.88. The van der Waals surface area contributed by atoms with Crippen LogP contribution in [0.15, 0.2) is 16.1 Å². The van der Waals surface area contributed by atoms with E-state index in [0.29, 0.717) is 6.61 Å². The molecule has 7 heteroatoms. The van der Waals surface area contributed by atoms with Crippen LogP contribution in [0, 0.1) is 6.08 Å². The monoisotopic (exact) mass is 440 g/mol. The molecular formula is C14H26Cl2NOSi2Zr. The van der Waals surface area contributed by atoms with Gasteiger partial charge in [-0.1, -0.05) is 31.8 Å². The fourth-order valence-corrected chi connectivity index (χ4v) is 15.8. The van der Waals surface area contributed by atoms with Crippen molar-refractivity contribution >= 4 is 15.2 Å². The van der Waals surface area contributed by atoms with Gasteiger partial charge in [0.25, 0.3) is 0 Å². The van der Waals surface area contributed by atoms with Gasteiger partial charge in [-0.2, -0.15) is 5.20 Å². The fraction of sp³-hybridized carbons (Fsp3) is 0.714. The maximum Gasteiger partial charge on any atom is 3.00 e. The molecule has 0 spiro atoms. The molecular weight excluding hydrogens is 416 g/mol. The molecule has 119 valence electrons. The van der Waals surface area contributed by atoms with Gasteiger partial charge in [0.2, 0.25) is 0 Å². The fourth-order valence-electron chi connectivity index (χ4n) is 3.12.